The molecule has 0 aromatic heterocycles. The zero-order valence-electron chi connectivity index (χ0n) is 14.6. The average Bonchev–Trinajstić information content (AvgIpc) is 2.60. The van der Waals surface area contributed by atoms with E-state index in [4.69, 9.17) is 0 Å². The predicted molar refractivity (Wildman–Crippen MR) is 100 cm³/mol. The minimum Gasteiger partial charge on any atom is -0.374 e. The van der Waals surface area contributed by atoms with Gasteiger partial charge in [-0.15, -0.1) is 0 Å². The molecule has 2 aromatic rings. The second-order valence-corrected chi connectivity index (χ2v) is 6.53. The van der Waals surface area contributed by atoms with Gasteiger partial charge in [0.25, 0.3) is 0 Å². The summed E-state index contributed by atoms with van der Waals surface area (Å²) >= 11 is 0. The van der Waals surface area contributed by atoms with Crippen LogP contribution in [0.25, 0.3) is 6.08 Å². The number of hydrogen-bond acceptors (Lipinski definition) is 2. The van der Waals surface area contributed by atoms with E-state index < -0.39 is 0 Å². The van der Waals surface area contributed by atoms with Gasteiger partial charge in [-0.2, -0.15) is 0 Å². The van der Waals surface area contributed by atoms with Crippen molar-refractivity contribution in [3.8, 4) is 0 Å². The summed E-state index contributed by atoms with van der Waals surface area (Å²) in [6, 6.07) is 12.5. The number of fused-ring (bicyclic) bond motifs is 1. The van der Waals surface area contributed by atoms with Crippen LogP contribution in [0.2, 0.25) is 0 Å². The fourth-order valence-corrected chi connectivity index (χ4v) is 3.17. The number of halogens is 1. The lowest BCUT2D eigenvalue weighted by Crippen LogP contribution is -2.27. The van der Waals surface area contributed by atoms with E-state index in [-0.39, 0.29) is 17.8 Å². The summed E-state index contributed by atoms with van der Waals surface area (Å²) in [6.07, 6.45) is 5.35. The molecule has 1 N–H and O–H groups in total. The van der Waals surface area contributed by atoms with Gasteiger partial charge in [-0.25, -0.2) is 4.39 Å². The van der Waals surface area contributed by atoms with Crippen LogP contribution in [-0.4, -0.2) is 19.5 Å². The third kappa shape index (κ3) is 4.27. The number of anilines is 1. The molecule has 0 saturated heterocycles. The van der Waals surface area contributed by atoms with Gasteiger partial charge < -0.3 is 10.2 Å². The number of hydrogen-bond donors (Lipinski definition) is 1. The maximum atomic E-state index is 13.2. The smallest absolute Gasteiger partial charge is 0.244 e. The van der Waals surface area contributed by atoms with Crippen molar-refractivity contribution >= 4 is 17.7 Å². The van der Waals surface area contributed by atoms with Gasteiger partial charge in [-0.1, -0.05) is 24.3 Å². The van der Waals surface area contributed by atoms with Crippen LogP contribution in [0.5, 0.6) is 0 Å². The summed E-state index contributed by atoms with van der Waals surface area (Å²) in [4.78, 5) is 14.4. The number of carbonyl (C=O) groups excluding carboxylic acids is 1. The van der Waals surface area contributed by atoms with Gasteiger partial charge in [0.2, 0.25) is 5.91 Å². The Bertz CT molecular complexity index is 800. The molecule has 1 aliphatic heterocycles. The Balaban J connectivity index is 1.66. The topological polar surface area (TPSA) is 32.3 Å². The van der Waals surface area contributed by atoms with Gasteiger partial charge in [0.1, 0.15) is 5.82 Å². The van der Waals surface area contributed by atoms with Gasteiger partial charge in [-0.3, -0.25) is 4.79 Å². The Hall–Kier alpha value is -2.62. The Morgan fingerprint density at radius 1 is 1.28 bits per heavy atom. The first-order chi connectivity index (χ1) is 12.0. The van der Waals surface area contributed by atoms with Gasteiger partial charge in [0.15, 0.2) is 0 Å². The number of benzene rings is 2. The highest BCUT2D eigenvalue weighted by Gasteiger charge is 2.16. The maximum Gasteiger partial charge on any atom is 0.244 e. The lowest BCUT2D eigenvalue weighted by molar-refractivity contribution is -0.117. The normalized spacial score (nSPS) is 15.1. The molecule has 0 aliphatic carbocycles. The van der Waals surface area contributed by atoms with Gasteiger partial charge in [0.05, 0.1) is 6.04 Å². The van der Waals surface area contributed by atoms with E-state index >= 15 is 0 Å². The van der Waals surface area contributed by atoms with Crippen molar-refractivity contribution in [1.82, 2.24) is 5.32 Å². The van der Waals surface area contributed by atoms with E-state index in [0.717, 1.165) is 18.5 Å². The number of amides is 1. The summed E-state index contributed by atoms with van der Waals surface area (Å²) in [7, 11) is 2.10. The highest BCUT2D eigenvalue weighted by atomic mass is 19.1. The third-order valence-corrected chi connectivity index (χ3v) is 4.59. The molecular weight excluding hydrogens is 315 g/mol. The van der Waals surface area contributed by atoms with Crippen LogP contribution in [0.15, 0.2) is 48.5 Å². The number of nitrogens with one attached hydrogen (secondary N) is 1. The van der Waals surface area contributed by atoms with Crippen molar-refractivity contribution in [3.63, 3.8) is 0 Å². The molecule has 3 nitrogen and oxygen atoms in total. The number of aryl methyl sites for hydroxylation is 1. The zero-order chi connectivity index (χ0) is 17.8. The van der Waals surface area contributed by atoms with E-state index in [0.29, 0.717) is 5.56 Å². The average molecular weight is 338 g/mol. The minimum atomic E-state index is -0.311. The van der Waals surface area contributed by atoms with Crippen molar-refractivity contribution in [1.29, 1.82) is 0 Å². The minimum absolute atomic E-state index is 0.0923. The Morgan fingerprint density at radius 3 is 2.92 bits per heavy atom. The molecule has 1 amide bonds. The Morgan fingerprint density at radius 2 is 2.12 bits per heavy atom. The summed E-state index contributed by atoms with van der Waals surface area (Å²) in [5.41, 5.74) is 4.36. The highest BCUT2D eigenvalue weighted by Crippen LogP contribution is 2.29. The predicted octanol–water partition coefficient (Wildman–Crippen LogP) is 4.10. The van der Waals surface area contributed by atoms with Crippen molar-refractivity contribution < 1.29 is 9.18 Å². The molecule has 1 unspecified atom stereocenters. The van der Waals surface area contributed by atoms with Crippen LogP contribution < -0.4 is 10.2 Å². The molecule has 0 radical (unpaired) electrons. The standard InChI is InChI=1S/C21H23FN2O/c1-15(18-10-9-17-6-4-12-24(2)20(17)14-18)23-21(25)11-8-16-5-3-7-19(22)13-16/h3,5,7-11,13-15H,4,6,12H2,1-2H3,(H,23,25)/b11-8+. The van der Waals surface area contributed by atoms with Crippen LogP contribution >= 0.6 is 0 Å². The second kappa shape index (κ2) is 7.51. The Labute approximate surface area is 148 Å². The molecule has 2 aromatic carbocycles. The molecular formula is C21H23FN2O. The van der Waals surface area contributed by atoms with Crippen molar-refractivity contribution in [2.24, 2.45) is 0 Å². The number of nitrogens with zero attached hydrogens (tertiary/aromatic N) is 1. The summed E-state index contributed by atoms with van der Waals surface area (Å²) in [5.74, 6) is -0.503. The molecule has 0 fully saturated rings. The van der Waals surface area contributed by atoms with Crippen LogP contribution in [0.4, 0.5) is 10.1 Å². The monoisotopic (exact) mass is 338 g/mol. The van der Waals surface area contributed by atoms with Crippen molar-refractivity contribution in [2.45, 2.75) is 25.8 Å². The van der Waals surface area contributed by atoms with E-state index in [9.17, 15) is 9.18 Å². The third-order valence-electron chi connectivity index (χ3n) is 4.59. The molecule has 1 aliphatic rings. The molecule has 1 heterocycles. The van der Waals surface area contributed by atoms with Gasteiger partial charge in [0, 0.05) is 25.4 Å². The Kier molecular flexibility index (Phi) is 5.17. The lowest BCUT2D eigenvalue weighted by Gasteiger charge is -2.28. The summed E-state index contributed by atoms with van der Waals surface area (Å²) in [6.45, 7) is 3.03. The van der Waals surface area contributed by atoms with Crippen molar-refractivity contribution in [3.05, 3.63) is 71.0 Å². The summed E-state index contributed by atoms with van der Waals surface area (Å²) in [5, 5.41) is 2.96. The molecule has 3 rings (SSSR count). The quantitative estimate of drug-likeness (QED) is 0.851. The van der Waals surface area contributed by atoms with Gasteiger partial charge in [-0.05, 0) is 60.7 Å². The van der Waals surface area contributed by atoms with E-state index in [1.165, 1.54) is 35.9 Å². The largest absolute Gasteiger partial charge is 0.374 e. The number of carbonyl (C=O) groups is 1. The zero-order valence-corrected chi connectivity index (χ0v) is 14.6. The van der Waals surface area contributed by atoms with Crippen LogP contribution in [0.3, 0.4) is 0 Å². The fourth-order valence-electron chi connectivity index (χ4n) is 3.17. The molecule has 130 valence electrons. The lowest BCUT2D eigenvalue weighted by atomic mass is 9.97. The highest BCUT2D eigenvalue weighted by molar-refractivity contribution is 5.92. The summed E-state index contributed by atoms with van der Waals surface area (Å²) < 4.78 is 13.2. The van der Waals surface area contributed by atoms with Gasteiger partial charge >= 0.3 is 0 Å². The first-order valence-electron chi connectivity index (χ1n) is 8.61. The maximum absolute atomic E-state index is 13.2. The first kappa shape index (κ1) is 17.2. The molecule has 0 bridgehead atoms. The molecule has 1 atom stereocenters. The van der Waals surface area contributed by atoms with E-state index in [1.807, 2.05) is 6.92 Å². The first-order valence-corrected chi connectivity index (χ1v) is 8.61. The fraction of sp³-hybridized carbons (Fsp3) is 0.286. The van der Waals surface area contributed by atoms with E-state index in [2.05, 4.69) is 35.5 Å². The van der Waals surface area contributed by atoms with Crippen molar-refractivity contribution in [2.75, 3.05) is 18.5 Å². The number of rotatable bonds is 4. The molecule has 4 heteroatoms. The molecule has 0 saturated carbocycles. The second-order valence-electron chi connectivity index (χ2n) is 6.53. The van der Waals surface area contributed by atoms with E-state index in [1.54, 1.807) is 18.2 Å². The molecule has 0 spiro atoms. The SMILES string of the molecule is CC(NC(=O)/C=C/c1cccc(F)c1)c1ccc2c(c1)N(C)CCC2. The van der Waals surface area contributed by atoms with Crippen LogP contribution in [0, 0.1) is 5.82 Å². The van der Waals surface area contributed by atoms with Crippen LogP contribution in [0.1, 0.15) is 36.1 Å². The molecule has 25 heavy (non-hydrogen) atoms. The van der Waals surface area contributed by atoms with Crippen LogP contribution in [-0.2, 0) is 11.2 Å².